The van der Waals surface area contributed by atoms with Crippen molar-refractivity contribution in [3.63, 3.8) is 0 Å². The molecule has 0 saturated carbocycles. The van der Waals surface area contributed by atoms with Gasteiger partial charge in [-0.1, -0.05) is 11.6 Å². The van der Waals surface area contributed by atoms with E-state index in [2.05, 4.69) is 9.97 Å². The van der Waals surface area contributed by atoms with Crippen molar-refractivity contribution in [2.45, 2.75) is 39.9 Å². The maximum absolute atomic E-state index is 11.9. The maximum atomic E-state index is 11.9. The van der Waals surface area contributed by atoms with Crippen LogP contribution in [0.15, 0.2) is 66.7 Å². The Kier molecular flexibility index (Phi) is 9.81. The summed E-state index contributed by atoms with van der Waals surface area (Å²) in [5.41, 5.74) is 1.07. The van der Waals surface area contributed by atoms with Crippen LogP contribution in [0, 0.1) is 0 Å². The van der Waals surface area contributed by atoms with Gasteiger partial charge in [0.1, 0.15) is 23.0 Å². The van der Waals surface area contributed by atoms with Gasteiger partial charge in [0.15, 0.2) is 12.2 Å². The molecular weight excluding hydrogens is 552 g/mol. The summed E-state index contributed by atoms with van der Waals surface area (Å²) in [4.78, 5) is 32.9. The van der Waals surface area contributed by atoms with Gasteiger partial charge in [-0.15, -0.1) is 0 Å². The van der Waals surface area contributed by atoms with Crippen molar-refractivity contribution in [1.82, 2.24) is 9.97 Å². The number of hydrogen-bond donors (Lipinski definition) is 0. The Labute approximate surface area is 242 Å². The number of aromatic nitrogens is 2. The zero-order valence-corrected chi connectivity index (χ0v) is 23.7. The molecule has 10 nitrogen and oxygen atoms in total. The second-order valence-corrected chi connectivity index (χ2v) is 9.07. The van der Waals surface area contributed by atoms with Crippen molar-refractivity contribution < 1.29 is 38.0 Å². The van der Waals surface area contributed by atoms with Gasteiger partial charge in [-0.3, -0.25) is 0 Å². The van der Waals surface area contributed by atoms with Gasteiger partial charge in [0.25, 0.3) is 11.8 Å². The third-order valence-electron chi connectivity index (χ3n) is 5.50. The molecule has 1 aromatic heterocycles. The van der Waals surface area contributed by atoms with Crippen LogP contribution in [0.1, 0.15) is 27.7 Å². The van der Waals surface area contributed by atoms with Crippen LogP contribution in [-0.2, 0) is 19.1 Å². The van der Waals surface area contributed by atoms with Gasteiger partial charge in [-0.2, -0.15) is 0 Å². The third-order valence-corrected chi connectivity index (χ3v) is 5.74. The molecule has 41 heavy (non-hydrogen) atoms. The first-order chi connectivity index (χ1) is 19.7. The van der Waals surface area contributed by atoms with E-state index in [-0.39, 0.29) is 25.0 Å². The lowest BCUT2D eigenvalue weighted by molar-refractivity contribution is -0.151. The molecule has 0 saturated heterocycles. The lowest BCUT2D eigenvalue weighted by atomic mass is 10.3. The molecule has 0 N–H and O–H groups in total. The largest absolute Gasteiger partial charge is 0.479 e. The van der Waals surface area contributed by atoms with Crippen LogP contribution >= 0.6 is 11.6 Å². The number of esters is 2. The summed E-state index contributed by atoms with van der Waals surface area (Å²) < 4.78 is 33.3. The smallest absolute Gasteiger partial charge is 0.347 e. The van der Waals surface area contributed by atoms with Gasteiger partial charge in [0, 0.05) is 5.02 Å². The molecule has 3 aromatic carbocycles. The quantitative estimate of drug-likeness (QED) is 0.171. The number of fused-ring (bicyclic) bond motifs is 1. The normalized spacial score (nSPS) is 12.2. The number of ether oxygens (including phenoxy) is 6. The standard InChI is InChI=1S/C30H29ClN2O8/c1-5-36-29(34)18(3)38-21-8-12-23(13-9-21)40-27-28(33-26-17-20(31)7-16-25(26)32-27)41-24-14-10-22(11-15-24)39-19(4)30(35)37-6-2/h7-19H,5-6H2,1-4H3. The summed E-state index contributed by atoms with van der Waals surface area (Å²) in [6, 6.07) is 18.4. The first-order valence-corrected chi connectivity index (χ1v) is 13.3. The molecule has 4 rings (SSSR count). The molecule has 0 bridgehead atoms. The highest BCUT2D eigenvalue weighted by Gasteiger charge is 2.18. The minimum atomic E-state index is -0.761. The monoisotopic (exact) mass is 580 g/mol. The van der Waals surface area contributed by atoms with Crippen LogP contribution in [0.2, 0.25) is 5.02 Å². The van der Waals surface area contributed by atoms with Crippen LogP contribution in [0.25, 0.3) is 11.0 Å². The van der Waals surface area contributed by atoms with E-state index in [1.54, 1.807) is 94.4 Å². The summed E-state index contributed by atoms with van der Waals surface area (Å²) in [6.07, 6.45) is -1.52. The van der Waals surface area contributed by atoms with Crippen molar-refractivity contribution >= 4 is 34.6 Å². The lowest BCUT2D eigenvalue weighted by Gasteiger charge is -2.15. The van der Waals surface area contributed by atoms with Crippen LogP contribution < -0.4 is 18.9 Å². The molecule has 0 aliphatic carbocycles. The van der Waals surface area contributed by atoms with E-state index in [9.17, 15) is 9.59 Å². The van der Waals surface area contributed by atoms with Crippen molar-refractivity contribution in [2.24, 2.45) is 0 Å². The molecule has 0 radical (unpaired) electrons. The van der Waals surface area contributed by atoms with Crippen LogP contribution in [0.3, 0.4) is 0 Å². The Balaban J connectivity index is 1.53. The molecule has 1 heterocycles. The van der Waals surface area contributed by atoms with Crippen molar-refractivity contribution in [2.75, 3.05) is 13.2 Å². The fourth-order valence-electron chi connectivity index (χ4n) is 3.55. The van der Waals surface area contributed by atoms with E-state index < -0.39 is 24.1 Å². The fraction of sp³-hybridized carbons (Fsp3) is 0.267. The molecule has 0 aliphatic rings. The molecule has 0 aliphatic heterocycles. The van der Waals surface area contributed by atoms with Gasteiger partial charge >= 0.3 is 11.9 Å². The molecule has 2 unspecified atom stereocenters. The average molecular weight is 581 g/mol. The Hall–Kier alpha value is -4.57. The number of rotatable bonds is 12. The summed E-state index contributed by atoms with van der Waals surface area (Å²) in [7, 11) is 0. The lowest BCUT2D eigenvalue weighted by Crippen LogP contribution is -2.25. The molecule has 4 aromatic rings. The third kappa shape index (κ3) is 7.98. The van der Waals surface area contributed by atoms with Crippen LogP contribution in [-0.4, -0.2) is 47.3 Å². The van der Waals surface area contributed by atoms with Crippen molar-refractivity contribution in [3.8, 4) is 34.8 Å². The number of carbonyl (C=O) groups is 2. The summed E-state index contributed by atoms with van der Waals surface area (Å²) in [5.74, 6) is 1.11. The van der Waals surface area contributed by atoms with E-state index in [1.165, 1.54) is 0 Å². The minimum absolute atomic E-state index is 0.101. The van der Waals surface area contributed by atoms with Gasteiger partial charge < -0.3 is 28.4 Å². The molecular formula is C30H29ClN2O8. The maximum Gasteiger partial charge on any atom is 0.347 e. The van der Waals surface area contributed by atoms with E-state index in [0.29, 0.717) is 39.1 Å². The summed E-state index contributed by atoms with van der Waals surface area (Å²) in [6.45, 7) is 7.24. The highest BCUT2D eigenvalue weighted by Crippen LogP contribution is 2.35. The Morgan fingerprint density at radius 3 is 1.51 bits per heavy atom. The van der Waals surface area contributed by atoms with Crippen molar-refractivity contribution in [3.05, 3.63) is 71.8 Å². The van der Waals surface area contributed by atoms with Crippen LogP contribution in [0.5, 0.6) is 34.8 Å². The molecule has 2 atom stereocenters. The number of benzene rings is 3. The average Bonchev–Trinajstić information content (AvgIpc) is 2.95. The SMILES string of the molecule is CCOC(=O)C(C)Oc1ccc(Oc2nc3ccc(Cl)cc3nc2Oc2ccc(OC(C)C(=O)OCC)cc2)cc1. The summed E-state index contributed by atoms with van der Waals surface area (Å²) in [5, 5.41) is 0.497. The Morgan fingerprint density at radius 1 is 0.659 bits per heavy atom. The van der Waals surface area contributed by atoms with Gasteiger partial charge in [-0.25, -0.2) is 19.6 Å². The van der Waals surface area contributed by atoms with Crippen LogP contribution in [0.4, 0.5) is 0 Å². The number of hydrogen-bond acceptors (Lipinski definition) is 10. The Bertz CT molecular complexity index is 1500. The van der Waals surface area contributed by atoms with Gasteiger partial charge in [-0.05, 0) is 94.4 Å². The highest BCUT2D eigenvalue weighted by molar-refractivity contribution is 6.31. The molecule has 214 valence electrons. The zero-order chi connectivity index (χ0) is 29.4. The molecule has 0 fully saturated rings. The van der Waals surface area contributed by atoms with E-state index in [1.807, 2.05) is 0 Å². The first-order valence-electron chi connectivity index (χ1n) is 13.0. The van der Waals surface area contributed by atoms with Gasteiger partial charge in [0.2, 0.25) is 0 Å². The molecule has 11 heteroatoms. The minimum Gasteiger partial charge on any atom is -0.479 e. The second kappa shape index (κ2) is 13.7. The topological polar surface area (TPSA) is 115 Å². The predicted octanol–water partition coefficient (Wildman–Crippen LogP) is 6.53. The zero-order valence-electron chi connectivity index (χ0n) is 23.0. The Morgan fingerprint density at radius 2 is 1.07 bits per heavy atom. The number of nitrogens with zero attached hydrogens (tertiary/aromatic N) is 2. The molecule has 0 spiro atoms. The van der Waals surface area contributed by atoms with E-state index in [4.69, 9.17) is 40.0 Å². The fourth-order valence-corrected chi connectivity index (χ4v) is 3.71. The van der Waals surface area contributed by atoms with E-state index >= 15 is 0 Å². The number of halogens is 1. The predicted molar refractivity (Wildman–Crippen MR) is 151 cm³/mol. The highest BCUT2D eigenvalue weighted by atomic mass is 35.5. The number of carbonyl (C=O) groups excluding carboxylic acids is 2. The first kappa shape index (κ1) is 29.4. The van der Waals surface area contributed by atoms with Gasteiger partial charge in [0.05, 0.1) is 24.2 Å². The second-order valence-electron chi connectivity index (χ2n) is 8.64. The summed E-state index contributed by atoms with van der Waals surface area (Å²) >= 11 is 6.16. The molecule has 0 amide bonds. The van der Waals surface area contributed by atoms with Crippen molar-refractivity contribution in [1.29, 1.82) is 0 Å². The van der Waals surface area contributed by atoms with E-state index in [0.717, 1.165) is 0 Å².